The molecule has 0 atom stereocenters. The predicted octanol–water partition coefficient (Wildman–Crippen LogP) is 3.08. The van der Waals surface area contributed by atoms with Crippen molar-refractivity contribution < 1.29 is 14.5 Å². The van der Waals surface area contributed by atoms with Crippen LogP contribution in [0, 0.1) is 0 Å². The molecule has 0 bridgehead atoms. The molecule has 15 heavy (non-hydrogen) atoms. The number of hydrogen-bond acceptors (Lipinski definition) is 3. The van der Waals surface area contributed by atoms with Gasteiger partial charge in [0.15, 0.2) is 0 Å². The quantitative estimate of drug-likeness (QED) is 0.372. The smallest absolute Gasteiger partial charge is 0.0931 e. The van der Waals surface area contributed by atoms with Gasteiger partial charge < -0.3 is 4.74 Å². The lowest BCUT2D eigenvalue weighted by atomic mass is 9.95. The van der Waals surface area contributed by atoms with Crippen LogP contribution in [0.4, 0.5) is 0 Å². The van der Waals surface area contributed by atoms with Gasteiger partial charge in [-0.2, -0.15) is 0 Å². The summed E-state index contributed by atoms with van der Waals surface area (Å²) in [5.41, 5.74) is 0. The Labute approximate surface area is 93.0 Å². The lowest BCUT2D eigenvalue weighted by Crippen LogP contribution is -2.26. The minimum absolute atomic E-state index is 0.288. The molecule has 90 valence electrons. The van der Waals surface area contributed by atoms with Gasteiger partial charge in [-0.25, -0.2) is 9.78 Å². The molecule has 0 radical (unpaired) electrons. The summed E-state index contributed by atoms with van der Waals surface area (Å²) in [5, 5.41) is 0. The molecule has 0 heterocycles. The summed E-state index contributed by atoms with van der Waals surface area (Å²) in [6, 6.07) is 0. The van der Waals surface area contributed by atoms with Gasteiger partial charge >= 0.3 is 0 Å². The van der Waals surface area contributed by atoms with Crippen molar-refractivity contribution in [3.05, 3.63) is 0 Å². The fourth-order valence-electron chi connectivity index (χ4n) is 1.85. The molecule has 0 N–H and O–H groups in total. The van der Waals surface area contributed by atoms with Gasteiger partial charge in [0, 0.05) is 6.61 Å². The highest BCUT2D eigenvalue weighted by Gasteiger charge is 2.22. The second kappa shape index (κ2) is 8.08. The van der Waals surface area contributed by atoms with E-state index in [1.165, 1.54) is 12.8 Å². The molecule has 1 aliphatic carbocycles. The second-order valence-corrected chi connectivity index (χ2v) is 4.13. The first-order chi connectivity index (χ1) is 7.36. The number of hydrogen-bond donors (Lipinski definition) is 0. The van der Waals surface area contributed by atoms with Crippen LogP contribution in [0.2, 0.25) is 0 Å². The van der Waals surface area contributed by atoms with Crippen molar-refractivity contribution in [3.8, 4) is 0 Å². The number of rotatable bonds is 7. The van der Waals surface area contributed by atoms with Crippen LogP contribution < -0.4 is 0 Å². The van der Waals surface area contributed by atoms with Crippen molar-refractivity contribution in [1.82, 2.24) is 0 Å². The Hall–Kier alpha value is -0.120. The van der Waals surface area contributed by atoms with E-state index in [1.807, 2.05) is 6.92 Å². The van der Waals surface area contributed by atoms with E-state index < -0.39 is 0 Å². The largest absolute Gasteiger partial charge is 0.378 e. The normalized spacial score (nSPS) is 26.8. The van der Waals surface area contributed by atoms with Crippen molar-refractivity contribution >= 4 is 0 Å². The van der Waals surface area contributed by atoms with Gasteiger partial charge in [0.1, 0.15) is 0 Å². The Morgan fingerprint density at radius 2 is 1.67 bits per heavy atom. The molecule has 0 aromatic rings. The fourth-order valence-corrected chi connectivity index (χ4v) is 1.85. The van der Waals surface area contributed by atoms with Gasteiger partial charge in [-0.05, 0) is 39.0 Å². The Morgan fingerprint density at radius 3 is 2.27 bits per heavy atom. The predicted molar refractivity (Wildman–Crippen MR) is 59.6 cm³/mol. The molecule has 3 heteroatoms. The average Bonchev–Trinajstić information content (AvgIpc) is 2.28. The third-order valence-corrected chi connectivity index (χ3v) is 2.79. The maximum Gasteiger partial charge on any atom is 0.0931 e. The SMILES string of the molecule is CCCCOC1CCC(OOCC)CC1. The van der Waals surface area contributed by atoms with E-state index in [4.69, 9.17) is 14.5 Å². The number of unbranched alkanes of at least 4 members (excludes halogenated alkanes) is 1. The Bertz CT molecular complexity index is 142. The molecule has 1 rings (SSSR count). The van der Waals surface area contributed by atoms with Crippen LogP contribution in [0.15, 0.2) is 0 Å². The van der Waals surface area contributed by atoms with Crippen molar-refractivity contribution in [2.45, 2.75) is 64.6 Å². The fraction of sp³-hybridized carbons (Fsp3) is 1.00. The van der Waals surface area contributed by atoms with E-state index >= 15 is 0 Å². The maximum atomic E-state index is 5.78. The second-order valence-electron chi connectivity index (χ2n) is 4.13. The molecule has 0 aromatic carbocycles. The van der Waals surface area contributed by atoms with Crippen molar-refractivity contribution in [1.29, 1.82) is 0 Å². The molecule has 0 unspecified atom stereocenters. The van der Waals surface area contributed by atoms with Crippen LogP contribution in [0.5, 0.6) is 0 Å². The van der Waals surface area contributed by atoms with E-state index in [9.17, 15) is 0 Å². The maximum absolute atomic E-state index is 5.78. The van der Waals surface area contributed by atoms with Crippen LogP contribution >= 0.6 is 0 Å². The van der Waals surface area contributed by atoms with Gasteiger partial charge in [-0.15, -0.1) is 0 Å². The third-order valence-electron chi connectivity index (χ3n) is 2.79. The van der Waals surface area contributed by atoms with E-state index in [2.05, 4.69) is 6.92 Å². The van der Waals surface area contributed by atoms with Gasteiger partial charge in [-0.3, -0.25) is 0 Å². The van der Waals surface area contributed by atoms with E-state index in [0.29, 0.717) is 12.7 Å². The first kappa shape index (κ1) is 12.9. The zero-order chi connectivity index (χ0) is 10.9. The molecule has 1 fully saturated rings. The molecule has 0 aliphatic heterocycles. The lowest BCUT2D eigenvalue weighted by molar-refractivity contribution is -0.327. The van der Waals surface area contributed by atoms with Crippen LogP contribution in [0.1, 0.15) is 52.4 Å². The molecule has 1 saturated carbocycles. The Morgan fingerprint density at radius 1 is 1.00 bits per heavy atom. The molecular formula is C12H24O3. The van der Waals surface area contributed by atoms with Gasteiger partial charge in [-0.1, -0.05) is 13.3 Å². The van der Waals surface area contributed by atoms with E-state index in [1.54, 1.807) is 0 Å². The summed E-state index contributed by atoms with van der Waals surface area (Å²) in [5.74, 6) is 0. The van der Waals surface area contributed by atoms with Gasteiger partial charge in [0.25, 0.3) is 0 Å². The molecule has 0 amide bonds. The first-order valence-corrected chi connectivity index (χ1v) is 6.26. The minimum atomic E-state index is 0.288. The highest BCUT2D eigenvalue weighted by atomic mass is 17.2. The number of ether oxygens (including phenoxy) is 1. The van der Waals surface area contributed by atoms with Crippen molar-refractivity contribution in [2.24, 2.45) is 0 Å². The summed E-state index contributed by atoms with van der Waals surface area (Å²) >= 11 is 0. The van der Waals surface area contributed by atoms with Crippen molar-refractivity contribution in [3.63, 3.8) is 0 Å². The van der Waals surface area contributed by atoms with Crippen LogP contribution in [0.25, 0.3) is 0 Å². The van der Waals surface area contributed by atoms with Crippen LogP contribution in [-0.2, 0) is 14.5 Å². The van der Waals surface area contributed by atoms with Gasteiger partial charge in [0.05, 0.1) is 18.8 Å². The summed E-state index contributed by atoms with van der Waals surface area (Å²) < 4.78 is 5.78. The van der Waals surface area contributed by atoms with E-state index in [-0.39, 0.29) is 6.10 Å². The molecule has 1 aliphatic rings. The topological polar surface area (TPSA) is 27.7 Å². The van der Waals surface area contributed by atoms with Crippen molar-refractivity contribution in [2.75, 3.05) is 13.2 Å². The minimum Gasteiger partial charge on any atom is -0.378 e. The summed E-state index contributed by atoms with van der Waals surface area (Å²) in [6.07, 6.45) is 7.49. The standard InChI is InChI=1S/C12H24O3/c1-3-5-10-13-11-6-8-12(9-7-11)15-14-4-2/h11-12H,3-10H2,1-2H3. The molecule has 0 spiro atoms. The monoisotopic (exact) mass is 216 g/mol. The Kier molecular flexibility index (Phi) is 6.98. The zero-order valence-corrected chi connectivity index (χ0v) is 10.0. The average molecular weight is 216 g/mol. The highest BCUT2D eigenvalue weighted by molar-refractivity contribution is 4.72. The lowest BCUT2D eigenvalue weighted by Gasteiger charge is -2.27. The Balaban J connectivity index is 2.02. The molecular weight excluding hydrogens is 192 g/mol. The van der Waals surface area contributed by atoms with Gasteiger partial charge in [0.2, 0.25) is 0 Å². The van der Waals surface area contributed by atoms with E-state index in [0.717, 1.165) is 32.3 Å². The molecule has 3 nitrogen and oxygen atoms in total. The zero-order valence-electron chi connectivity index (χ0n) is 10.0. The van der Waals surface area contributed by atoms with Crippen LogP contribution in [0.3, 0.4) is 0 Å². The summed E-state index contributed by atoms with van der Waals surface area (Å²) in [6.45, 7) is 5.68. The summed E-state index contributed by atoms with van der Waals surface area (Å²) in [4.78, 5) is 10.2. The first-order valence-electron chi connectivity index (χ1n) is 6.26. The highest BCUT2D eigenvalue weighted by Crippen LogP contribution is 2.23. The third kappa shape index (κ3) is 5.50. The summed E-state index contributed by atoms with van der Waals surface area (Å²) in [7, 11) is 0. The molecule has 0 saturated heterocycles. The van der Waals surface area contributed by atoms with Crippen LogP contribution in [-0.4, -0.2) is 25.4 Å². The molecule has 0 aromatic heterocycles.